The third kappa shape index (κ3) is 2.10. The highest BCUT2D eigenvalue weighted by atomic mass is 19.3. The van der Waals surface area contributed by atoms with Crippen LogP contribution in [0.3, 0.4) is 0 Å². The van der Waals surface area contributed by atoms with Crippen LogP contribution in [0.4, 0.5) is 14.5 Å². The van der Waals surface area contributed by atoms with Crippen molar-refractivity contribution in [2.75, 3.05) is 0 Å². The van der Waals surface area contributed by atoms with Crippen LogP contribution in [0.2, 0.25) is 0 Å². The fourth-order valence-corrected chi connectivity index (χ4v) is 1.13. The van der Waals surface area contributed by atoms with Gasteiger partial charge in [-0.15, -0.1) is 0 Å². The molecule has 0 radical (unpaired) electrons. The highest BCUT2D eigenvalue weighted by molar-refractivity contribution is 5.87. The minimum absolute atomic E-state index is 0.216. The standard InChI is InChI=1S/C8H6F2N2O4/c1-3-5(12(15)16)2-4(7(9)10)6(11-3)8(13)14/h2,7H,1H3,(H,13,14). The van der Waals surface area contributed by atoms with E-state index in [1.165, 1.54) is 6.92 Å². The van der Waals surface area contributed by atoms with Crippen LogP contribution in [0.1, 0.15) is 28.2 Å². The van der Waals surface area contributed by atoms with Crippen LogP contribution in [-0.2, 0) is 0 Å². The molecule has 1 heterocycles. The number of aromatic carboxylic acids is 1. The fourth-order valence-electron chi connectivity index (χ4n) is 1.13. The van der Waals surface area contributed by atoms with E-state index in [1.54, 1.807) is 0 Å². The number of hydrogen-bond acceptors (Lipinski definition) is 4. The first kappa shape index (κ1) is 12.0. The number of aromatic nitrogens is 1. The van der Waals surface area contributed by atoms with Crippen molar-refractivity contribution in [2.45, 2.75) is 13.3 Å². The van der Waals surface area contributed by atoms with Crippen molar-refractivity contribution in [3.8, 4) is 0 Å². The molecular formula is C8H6F2N2O4. The van der Waals surface area contributed by atoms with Gasteiger partial charge >= 0.3 is 5.97 Å². The first-order valence-corrected chi connectivity index (χ1v) is 4.02. The van der Waals surface area contributed by atoms with Gasteiger partial charge in [0.1, 0.15) is 5.69 Å². The van der Waals surface area contributed by atoms with Crippen molar-refractivity contribution in [3.63, 3.8) is 0 Å². The predicted octanol–water partition coefficient (Wildman–Crippen LogP) is 1.93. The Balaban J connectivity index is 3.49. The number of nitrogens with zero attached hydrogens (tertiary/aromatic N) is 2. The maximum Gasteiger partial charge on any atom is 0.355 e. The molecule has 0 aliphatic rings. The lowest BCUT2D eigenvalue weighted by molar-refractivity contribution is -0.385. The van der Waals surface area contributed by atoms with Gasteiger partial charge in [0.05, 0.1) is 10.5 Å². The molecule has 0 saturated carbocycles. The molecule has 0 unspecified atom stereocenters. The molecule has 1 aromatic heterocycles. The highest BCUT2D eigenvalue weighted by Crippen LogP contribution is 2.27. The van der Waals surface area contributed by atoms with Crippen LogP contribution in [0.5, 0.6) is 0 Å². The van der Waals surface area contributed by atoms with E-state index in [9.17, 15) is 23.7 Å². The summed E-state index contributed by atoms with van der Waals surface area (Å²) in [5.74, 6) is -1.65. The van der Waals surface area contributed by atoms with Crippen molar-refractivity contribution >= 4 is 11.7 Å². The second-order valence-corrected chi connectivity index (χ2v) is 2.89. The van der Waals surface area contributed by atoms with Gasteiger partial charge in [0, 0.05) is 6.07 Å². The maximum atomic E-state index is 12.4. The van der Waals surface area contributed by atoms with Crippen molar-refractivity contribution in [2.24, 2.45) is 0 Å². The first-order chi connectivity index (χ1) is 7.34. The number of nitro groups is 1. The molecular weight excluding hydrogens is 226 g/mol. The zero-order chi connectivity index (χ0) is 12.5. The van der Waals surface area contributed by atoms with Gasteiger partial charge < -0.3 is 5.11 Å². The van der Waals surface area contributed by atoms with Gasteiger partial charge in [-0.05, 0) is 6.92 Å². The van der Waals surface area contributed by atoms with Gasteiger partial charge in [-0.1, -0.05) is 0 Å². The summed E-state index contributed by atoms with van der Waals surface area (Å²) in [5, 5.41) is 19.1. The molecule has 6 nitrogen and oxygen atoms in total. The first-order valence-electron chi connectivity index (χ1n) is 4.02. The van der Waals surface area contributed by atoms with E-state index in [4.69, 9.17) is 5.11 Å². The Kier molecular flexibility index (Phi) is 3.11. The summed E-state index contributed by atoms with van der Waals surface area (Å²) in [5.41, 5.74) is -2.66. The molecule has 0 aliphatic carbocycles. The summed E-state index contributed by atoms with van der Waals surface area (Å²) in [6.45, 7) is 1.18. The summed E-state index contributed by atoms with van der Waals surface area (Å²) in [4.78, 5) is 23.4. The lowest BCUT2D eigenvalue weighted by atomic mass is 10.1. The summed E-state index contributed by atoms with van der Waals surface area (Å²) in [7, 11) is 0. The van der Waals surface area contributed by atoms with Crippen molar-refractivity contribution in [1.29, 1.82) is 0 Å². The number of alkyl halides is 2. The molecule has 1 aromatic rings. The maximum absolute atomic E-state index is 12.4. The monoisotopic (exact) mass is 232 g/mol. The lowest BCUT2D eigenvalue weighted by Gasteiger charge is -2.05. The Hall–Kier alpha value is -2.12. The Morgan fingerprint density at radius 1 is 1.62 bits per heavy atom. The van der Waals surface area contributed by atoms with E-state index in [1.807, 2.05) is 0 Å². The second-order valence-electron chi connectivity index (χ2n) is 2.89. The molecule has 0 aliphatic heterocycles. The molecule has 0 atom stereocenters. The Bertz CT molecular complexity index is 462. The molecule has 0 fully saturated rings. The van der Waals surface area contributed by atoms with Gasteiger partial charge in [0.2, 0.25) is 0 Å². The van der Waals surface area contributed by atoms with Gasteiger partial charge in [0.15, 0.2) is 5.69 Å². The Morgan fingerprint density at radius 2 is 2.19 bits per heavy atom. The largest absolute Gasteiger partial charge is 0.476 e. The molecule has 0 bridgehead atoms. The second kappa shape index (κ2) is 4.17. The third-order valence-electron chi connectivity index (χ3n) is 1.85. The number of hydrogen-bond donors (Lipinski definition) is 1. The third-order valence-corrected chi connectivity index (χ3v) is 1.85. The Labute approximate surface area is 87.7 Å². The normalized spacial score (nSPS) is 10.5. The average molecular weight is 232 g/mol. The van der Waals surface area contributed by atoms with Crippen molar-refractivity contribution < 1.29 is 23.6 Å². The fraction of sp³-hybridized carbons (Fsp3) is 0.250. The SMILES string of the molecule is Cc1nc(C(=O)O)c(C(F)F)cc1[N+](=O)[O-]. The molecule has 0 aromatic carbocycles. The summed E-state index contributed by atoms with van der Waals surface area (Å²) in [6.07, 6.45) is -3.13. The van der Waals surface area contributed by atoms with E-state index in [0.29, 0.717) is 6.07 Å². The zero-order valence-corrected chi connectivity index (χ0v) is 7.98. The van der Waals surface area contributed by atoms with Crippen LogP contribution in [-0.4, -0.2) is 21.0 Å². The minimum Gasteiger partial charge on any atom is -0.476 e. The van der Waals surface area contributed by atoms with E-state index < -0.39 is 34.3 Å². The number of carbonyl (C=O) groups is 1. The molecule has 0 saturated heterocycles. The van der Waals surface area contributed by atoms with E-state index >= 15 is 0 Å². The van der Waals surface area contributed by atoms with E-state index in [2.05, 4.69) is 4.98 Å². The smallest absolute Gasteiger partial charge is 0.355 e. The molecule has 0 amide bonds. The van der Waals surface area contributed by atoms with Crippen molar-refractivity contribution in [3.05, 3.63) is 33.1 Å². The van der Waals surface area contributed by atoms with Gasteiger partial charge in [0.25, 0.3) is 12.1 Å². The topological polar surface area (TPSA) is 93.3 Å². The number of rotatable bonds is 3. The number of halogens is 2. The van der Waals surface area contributed by atoms with Crippen LogP contribution >= 0.6 is 0 Å². The van der Waals surface area contributed by atoms with Gasteiger partial charge in [-0.3, -0.25) is 10.1 Å². The summed E-state index contributed by atoms with van der Waals surface area (Å²) in [6, 6.07) is 0.538. The average Bonchev–Trinajstić information content (AvgIpc) is 2.15. The summed E-state index contributed by atoms with van der Waals surface area (Å²) < 4.78 is 24.9. The number of pyridine rings is 1. The van der Waals surface area contributed by atoms with Gasteiger partial charge in [-0.25, -0.2) is 18.6 Å². The lowest BCUT2D eigenvalue weighted by Crippen LogP contribution is -2.09. The summed E-state index contributed by atoms with van der Waals surface area (Å²) >= 11 is 0. The molecule has 16 heavy (non-hydrogen) atoms. The molecule has 86 valence electrons. The van der Waals surface area contributed by atoms with Crippen LogP contribution in [0, 0.1) is 17.0 Å². The molecule has 0 spiro atoms. The minimum atomic E-state index is -3.13. The van der Waals surface area contributed by atoms with Crippen LogP contribution < -0.4 is 0 Å². The predicted molar refractivity (Wildman–Crippen MR) is 47.5 cm³/mol. The number of carboxylic acid groups (broad SMARTS) is 1. The zero-order valence-electron chi connectivity index (χ0n) is 7.98. The van der Waals surface area contributed by atoms with Crippen LogP contribution in [0.25, 0.3) is 0 Å². The quantitative estimate of drug-likeness (QED) is 0.634. The van der Waals surface area contributed by atoms with E-state index in [0.717, 1.165) is 0 Å². The highest BCUT2D eigenvalue weighted by Gasteiger charge is 2.25. The molecule has 1 N–H and O–H groups in total. The van der Waals surface area contributed by atoms with Crippen LogP contribution in [0.15, 0.2) is 6.07 Å². The van der Waals surface area contributed by atoms with E-state index in [-0.39, 0.29) is 5.69 Å². The Morgan fingerprint density at radius 3 is 2.56 bits per heavy atom. The molecule has 8 heteroatoms. The molecule has 1 rings (SSSR count). The number of aryl methyl sites for hydroxylation is 1. The van der Waals surface area contributed by atoms with Crippen molar-refractivity contribution in [1.82, 2.24) is 4.98 Å². The van der Waals surface area contributed by atoms with Gasteiger partial charge in [-0.2, -0.15) is 0 Å². The number of carboxylic acids is 1.